The number of allylic oxidation sites excluding steroid dienone is 3. The van der Waals surface area contributed by atoms with E-state index in [9.17, 15) is 33.9 Å². The molecular formula is C47H65ClIN5O14S. The Kier molecular flexibility index (Phi) is 18.9. The van der Waals surface area contributed by atoms with Gasteiger partial charge in [0.15, 0.2) is 11.8 Å². The Morgan fingerprint density at radius 2 is 1.78 bits per heavy atom. The number of alkyl carbamates (subject to hydrolysis) is 1. The van der Waals surface area contributed by atoms with E-state index in [0.717, 1.165) is 24.0 Å². The number of hydrazine groups is 1. The van der Waals surface area contributed by atoms with E-state index in [0.29, 0.717) is 43.0 Å². The number of nitrogens with zero attached hydrogens (tertiary/aromatic N) is 2. The number of methoxy groups -OCH3 is 2. The molecule has 1 aliphatic carbocycles. The van der Waals surface area contributed by atoms with Gasteiger partial charge in [-0.15, -0.1) is 11.8 Å². The average Bonchev–Trinajstić information content (AvgIpc) is 3.56. The molecule has 5 heterocycles. The van der Waals surface area contributed by atoms with Gasteiger partial charge in [0, 0.05) is 74.5 Å². The summed E-state index contributed by atoms with van der Waals surface area (Å²) in [6, 6.07) is 3.57. The van der Waals surface area contributed by atoms with Gasteiger partial charge in [0.2, 0.25) is 23.6 Å². The van der Waals surface area contributed by atoms with Crippen LogP contribution in [-0.4, -0.2) is 146 Å². The van der Waals surface area contributed by atoms with Crippen molar-refractivity contribution in [3.8, 4) is 5.75 Å². The lowest BCUT2D eigenvalue weighted by Gasteiger charge is -2.59. The Bertz CT molecular complexity index is 2140. The van der Waals surface area contributed by atoms with Gasteiger partial charge in [-0.1, -0.05) is 35.4 Å². The molecule has 0 spiro atoms. The molecule has 5 amide bonds. The van der Waals surface area contributed by atoms with Crippen LogP contribution in [0.1, 0.15) is 84.6 Å². The number of benzene rings is 1. The van der Waals surface area contributed by atoms with Gasteiger partial charge in [-0.05, 0) is 83.4 Å². The fraction of sp³-hybridized carbons (Fsp3) is 0.660. The molecule has 8 atom stereocenters. The number of esters is 1. The molecule has 382 valence electrons. The first-order chi connectivity index (χ1) is 32.7. The van der Waals surface area contributed by atoms with Crippen molar-refractivity contribution in [3.63, 3.8) is 0 Å². The average molecular weight is 1120 g/mol. The fourth-order valence-corrected chi connectivity index (χ4v) is 11.4. The number of likely N-dealkylation sites (tertiary alicyclic amines) is 1. The van der Waals surface area contributed by atoms with Crippen LogP contribution in [-0.2, 0) is 58.8 Å². The third-order valence-electron chi connectivity index (χ3n) is 13.6. The molecule has 22 heteroatoms. The number of halogens is 2. The Labute approximate surface area is 426 Å². The molecule has 6 bridgehead atoms. The number of ether oxygens (including phenoxy) is 7. The lowest BCUT2D eigenvalue weighted by atomic mass is 9.72. The van der Waals surface area contributed by atoms with Gasteiger partial charge in [0.25, 0.3) is 0 Å². The number of nitrogens with one attached hydrogen (secondary N) is 3. The van der Waals surface area contributed by atoms with Crippen molar-refractivity contribution in [2.75, 3.05) is 58.3 Å². The van der Waals surface area contributed by atoms with E-state index in [1.165, 1.54) is 42.7 Å². The summed E-state index contributed by atoms with van der Waals surface area (Å²) in [7, 11) is 4.47. The second kappa shape index (κ2) is 23.8. The standard InChI is InChI=1S/C47H65ClIN5O14S/c1-27-9-8-10-35(63-7)47(61)24-37(67-44(60)50-47)46(4)26-45(3,68-46)36(23-38(55)53(5)32-20-30(19-27)21-33(62-6)40(32)48)66-43(59)28(2)65-16-15-64-17-18-69-34-22-39(56)54(42(34)58)25-29-11-13-31(14-12-29)41(57)51-52-49/h8-10,20-21,28-29,31,34-37,52,61H,11-19,22-26H2,1-7H3,(H,50,60)(H,51,57)/b10-8+,27-9+/t28-,29-,31-,34?,35+,36-,37-,45+,46?,47-/m0/s1. The highest BCUT2D eigenvalue weighted by atomic mass is 127. The molecule has 6 aliphatic rings. The van der Waals surface area contributed by atoms with Gasteiger partial charge in [0.05, 0.1) is 44.3 Å². The first-order valence-electron chi connectivity index (χ1n) is 23.1. The highest BCUT2D eigenvalue weighted by molar-refractivity contribution is 14.1. The maximum atomic E-state index is 14.2. The minimum atomic E-state index is -1.88. The Balaban J connectivity index is 1.05. The van der Waals surface area contributed by atoms with Crippen LogP contribution in [0.4, 0.5) is 10.5 Å². The molecule has 7 rings (SSSR count). The molecular weight excluding hydrogens is 1050 g/mol. The monoisotopic (exact) mass is 1120 g/mol. The third-order valence-corrected chi connectivity index (χ3v) is 15.5. The minimum absolute atomic E-state index is 0.0270. The van der Waals surface area contributed by atoms with Gasteiger partial charge in [-0.3, -0.25) is 34.8 Å². The first-order valence-corrected chi connectivity index (χ1v) is 25.7. The molecule has 69 heavy (non-hydrogen) atoms. The van der Waals surface area contributed by atoms with Crippen molar-refractivity contribution in [1.82, 2.24) is 19.3 Å². The molecule has 19 nitrogen and oxygen atoms in total. The van der Waals surface area contributed by atoms with Crippen LogP contribution < -0.4 is 24.0 Å². The number of carbonyl (C=O) groups excluding carboxylic acids is 6. The highest BCUT2D eigenvalue weighted by Crippen LogP contribution is 2.50. The normalized spacial score (nSPS) is 32.5. The van der Waals surface area contributed by atoms with Gasteiger partial charge in [-0.2, -0.15) is 3.64 Å². The largest absolute Gasteiger partial charge is 0.495 e. The smallest absolute Gasteiger partial charge is 0.409 e. The number of hydrogen-bond acceptors (Lipinski definition) is 16. The first kappa shape index (κ1) is 54.8. The molecule has 4 N–H and O–H groups in total. The van der Waals surface area contributed by atoms with Crippen molar-refractivity contribution < 1.29 is 67.0 Å². The van der Waals surface area contributed by atoms with E-state index in [-0.39, 0.29) is 80.1 Å². The van der Waals surface area contributed by atoms with E-state index >= 15 is 0 Å². The van der Waals surface area contributed by atoms with Crippen molar-refractivity contribution in [2.45, 2.75) is 132 Å². The van der Waals surface area contributed by atoms with Crippen LogP contribution in [0.3, 0.4) is 0 Å². The molecule has 4 fully saturated rings. The summed E-state index contributed by atoms with van der Waals surface area (Å²) >= 11 is 10.0. The second-order valence-electron chi connectivity index (χ2n) is 18.8. The maximum absolute atomic E-state index is 14.2. The number of rotatable bonds is 16. The predicted molar refractivity (Wildman–Crippen MR) is 263 cm³/mol. The van der Waals surface area contributed by atoms with E-state index < -0.39 is 64.6 Å². The lowest BCUT2D eigenvalue weighted by molar-refractivity contribution is -0.328. The minimum Gasteiger partial charge on any atom is -0.495 e. The Morgan fingerprint density at radius 1 is 1.06 bits per heavy atom. The molecule has 3 saturated heterocycles. The van der Waals surface area contributed by atoms with Gasteiger partial charge >= 0.3 is 12.1 Å². The van der Waals surface area contributed by atoms with Crippen LogP contribution in [0.5, 0.6) is 5.75 Å². The van der Waals surface area contributed by atoms with E-state index in [4.69, 9.17) is 44.8 Å². The summed E-state index contributed by atoms with van der Waals surface area (Å²) in [6.45, 7) is 7.66. The summed E-state index contributed by atoms with van der Waals surface area (Å²) < 4.78 is 43.8. The van der Waals surface area contributed by atoms with Gasteiger partial charge in [0.1, 0.15) is 40.3 Å². The van der Waals surface area contributed by atoms with Crippen molar-refractivity contribution in [1.29, 1.82) is 0 Å². The maximum Gasteiger partial charge on any atom is 0.409 e. The second-order valence-corrected chi connectivity index (χ2v) is 21.1. The number of anilines is 1. The van der Waals surface area contributed by atoms with Gasteiger partial charge in [-0.25, -0.2) is 9.59 Å². The number of imide groups is 1. The fourth-order valence-electron chi connectivity index (χ4n) is 9.83. The quantitative estimate of drug-likeness (QED) is 0.0432. The van der Waals surface area contributed by atoms with Crippen LogP contribution in [0.25, 0.3) is 0 Å². The number of carbonyl (C=O) groups is 6. The number of fused-ring (bicyclic) bond motifs is 6. The molecule has 5 aliphatic heterocycles. The summed E-state index contributed by atoms with van der Waals surface area (Å²) in [6.07, 6.45) is 3.41. The summed E-state index contributed by atoms with van der Waals surface area (Å²) in [5, 5.41) is 14.1. The summed E-state index contributed by atoms with van der Waals surface area (Å²) in [5.41, 5.74) is 0.391. The van der Waals surface area contributed by atoms with Crippen LogP contribution in [0, 0.1) is 11.8 Å². The Hall–Kier alpha value is -3.55. The zero-order valence-electron chi connectivity index (χ0n) is 40.1. The highest BCUT2D eigenvalue weighted by Gasteiger charge is 2.63. The molecule has 0 radical (unpaired) electrons. The molecule has 2 unspecified atom stereocenters. The van der Waals surface area contributed by atoms with E-state index in [2.05, 4.69) is 14.4 Å². The number of aliphatic hydroxyl groups is 1. The number of thioether (sulfide) groups is 1. The van der Waals surface area contributed by atoms with Crippen LogP contribution in [0.15, 0.2) is 35.9 Å². The van der Waals surface area contributed by atoms with Crippen LogP contribution in [0.2, 0.25) is 5.02 Å². The van der Waals surface area contributed by atoms with Crippen LogP contribution >= 0.6 is 46.2 Å². The lowest BCUT2D eigenvalue weighted by Crippen LogP contribution is -2.72. The SMILES string of the molecule is COc1cc2cc(c1Cl)N(C)C(=O)C[C@H](OC(=O)[C@H](C)OCCOCCSC1CC(=O)N(C[C@H]3CC[C@H](C(=O)NNI)CC3)C1=O)[C@@]1(C)CC(C)(O1)[C@@H]1C[C@@](O)(NC(=O)O1)[C@H](OC)/C=C/C=C(\C)C2. The zero-order valence-corrected chi connectivity index (χ0v) is 43.9. The number of amides is 5. The van der Waals surface area contributed by atoms with E-state index in [1.807, 2.05) is 35.9 Å². The van der Waals surface area contributed by atoms with Gasteiger partial charge < -0.3 is 43.2 Å². The third kappa shape index (κ3) is 13.3. The van der Waals surface area contributed by atoms with Crippen molar-refractivity contribution >= 4 is 87.6 Å². The molecule has 1 saturated carbocycles. The summed E-state index contributed by atoms with van der Waals surface area (Å²) in [4.78, 5) is 81.9. The topological polar surface area (TPSA) is 230 Å². The van der Waals surface area contributed by atoms with Crippen molar-refractivity contribution in [3.05, 3.63) is 46.5 Å². The zero-order chi connectivity index (χ0) is 50.3. The molecule has 1 aromatic rings. The molecule has 1 aromatic carbocycles. The molecule has 0 aromatic heterocycles. The van der Waals surface area contributed by atoms with Crippen molar-refractivity contribution in [2.24, 2.45) is 11.8 Å². The Morgan fingerprint density at radius 3 is 2.46 bits per heavy atom. The van der Waals surface area contributed by atoms with E-state index in [1.54, 1.807) is 45.2 Å². The number of hydrogen-bond donors (Lipinski definition) is 4. The summed E-state index contributed by atoms with van der Waals surface area (Å²) in [5.74, 6) is -0.730. The predicted octanol–water partition coefficient (Wildman–Crippen LogP) is 4.87.